The number of sulfonamides is 1. The van der Waals surface area contributed by atoms with E-state index in [0.29, 0.717) is 0 Å². The second-order valence-electron chi connectivity index (χ2n) is 3.44. The van der Waals surface area contributed by atoms with Gasteiger partial charge in [0, 0.05) is 6.07 Å². The summed E-state index contributed by atoms with van der Waals surface area (Å²) in [7, 11) is -3.65. The second kappa shape index (κ2) is 4.79. The van der Waals surface area contributed by atoms with Crippen LogP contribution in [0.3, 0.4) is 0 Å². The maximum Gasteiger partial charge on any atom is 0.271 e. The molecule has 0 unspecified atom stereocenters. The van der Waals surface area contributed by atoms with Crippen LogP contribution in [0, 0.1) is 0 Å². The highest BCUT2D eigenvalue weighted by Crippen LogP contribution is 2.30. The Kier molecular flexibility index (Phi) is 3.51. The van der Waals surface area contributed by atoms with Crippen molar-refractivity contribution < 1.29 is 13.5 Å². The Morgan fingerprint density at radius 2 is 2.00 bits per heavy atom. The molecule has 96 valence electrons. The Morgan fingerprint density at radius 1 is 1.28 bits per heavy atom. The number of halogens is 1. The third kappa shape index (κ3) is 2.77. The number of hydrogen-bond acceptors (Lipinski definition) is 5. The molecule has 1 aromatic heterocycles. The van der Waals surface area contributed by atoms with Gasteiger partial charge in [-0.2, -0.15) is 0 Å². The zero-order chi connectivity index (χ0) is 13.3. The highest BCUT2D eigenvalue weighted by atomic mass is 79.9. The molecule has 5 nitrogen and oxygen atoms in total. The number of aromatic hydroxyl groups is 1. The average Bonchev–Trinajstić information content (AvgIpc) is 2.70. The van der Waals surface area contributed by atoms with E-state index in [2.05, 4.69) is 20.7 Å². The molecular formula is C10H9BrN2O3S2. The minimum Gasteiger partial charge on any atom is -0.508 e. The topological polar surface area (TPSA) is 92.4 Å². The summed E-state index contributed by atoms with van der Waals surface area (Å²) < 4.78 is 27.3. The van der Waals surface area contributed by atoms with E-state index < -0.39 is 10.0 Å². The van der Waals surface area contributed by atoms with E-state index in [1.165, 1.54) is 24.3 Å². The van der Waals surface area contributed by atoms with Crippen LogP contribution in [0.15, 0.2) is 38.3 Å². The Morgan fingerprint density at radius 3 is 2.56 bits per heavy atom. The van der Waals surface area contributed by atoms with Gasteiger partial charge in [0.25, 0.3) is 10.0 Å². The fourth-order valence-electron chi connectivity index (χ4n) is 1.28. The molecule has 18 heavy (non-hydrogen) atoms. The number of thiophene rings is 1. The first-order valence-corrected chi connectivity index (χ1v) is 7.84. The number of nitrogen functional groups attached to an aromatic ring is 1. The molecule has 4 N–H and O–H groups in total. The van der Waals surface area contributed by atoms with Gasteiger partial charge < -0.3 is 10.8 Å². The molecule has 0 amide bonds. The van der Waals surface area contributed by atoms with Crippen LogP contribution >= 0.6 is 27.3 Å². The van der Waals surface area contributed by atoms with Gasteiger partial charge in [0.15, 0.2) is 0 Å². The molecule has 0 aliphatic heterocycles. The molecule has 0 atom stereocenters. The van der Waals surface area contributed by atoms with Crippen molar-refractivity contribution >= 4 is 48.7 Å². The summed E-state index contributed by atoms with van der Waals surface area (Å²) in [5.41, 5.74) is 6.01. The third-order valence-electron chi connectivity index (χ3n) is 2.09. The smallest absolute Gasteiger partial charge is 0.271 e. The minimum atomic E-state index is -3.65. The number of phenols is 1. The van der Waals surface area contributed by atoms with Gasteiger partial charge in [-0.15, -0.1) is 11.3 Å². The predicted octanol–water partition coefficient (Wildman–Crippen LogP) is 2.60. The standard InChI is InChI=1S/C10H9BrN2O3S2/c11-9-3-4-10(17-9)18(15,16)13-8-2-1-6(14)5-7(8)12/h1-5,13-14H,12H2. The fraction of sp³-hybridized carbons (Fsp3) is 0. The summed E-state index contributed by atoms with van der Waals surface area (Å²) in [5, 5.41) is 9.19. The number of benzene rings is 1. The van der Waals surface area contributed by atoms with Crippen molar-refractivity contribution in [1.29, 1.82) is 0 Å². The summed E-state index contributed by atoms with van der Waals surface area (Å²) in [5.74, 6) is -0.0192. The lowest BCUT2D eigenvalue weighted by molar-refractivity contribution is 0.475. The van der Waals surface area contributed by atoms with Crippen LogP contribution < -0.4 is 10.5 Å². The van der Waals surface area contributed by atoms with Gasteiger partial charge in [-0.05, 0) is 40.2 Å². The molecule has 1 aromatic carbocycles. The largest absolute Gasteiger partial charge is 0.508 e. The van der Waals surface area contributed by atoms with Gasteiger partial charge >= 0.3 is 0 Å². The minimum absolute atomic E-state index is 0.0192. The summed E-state index contributed by atoms with van der Waals surface area (Å²) >= 11 is 4.30. The summed E-state index contributed by atoms with van der Waals surface area (Å²) in [6, 6.07) is 7.19. The van der Waals surface area contributed by atoms with Crippen LogP contribution in [0.1, 0.15) is 0 Å². The van der Waals surface area contributed by atoms with Gasteiger partial charge in [0.05, 0.1) is 15.2 Å². The van der Waals surface area contributed by atoms with E-state index in [9.17, 15) is 13.5 Å². The van der Waals surface area contributed by atoms with Crippen LogP contribution in [-0.2, 0) is 10.0 Å². The zero-order valence-electron chi connectivity index (χ0n) is 8.92. The molecule has 0 saturated heterocycles. The molecule has 0 fully saturated rings. The van der Waals surface area contributed by atoms with Crippen LogP contribution in [0.4, 0.5) is 11.4 Å². The van der Waals surface area contributed by atoms with Crippen molar-refractivity contribution in [2.24, 2.45) is 0 Å². The molecule has 0 aliphatic carbocycles. The lowest BCUT2D eigenvalue weighted by Crippen LogP contribution is -2.12. The Balaban J connectivity index is 2.33. The van der Waals surface area contributed by atoms with Crippen molar-refractivity contribution in [2.45, 2.75) is 4.21 Å². The SMILES string of the molecule is Nc1cc(O)ccc1NS(=O)(=O)c1ccc(Br)s1. The first-order chi connectivity index (χ1) is 8.38. The molecule has 2 rings (SSSR count). The summed E-state index contributed by atoms with van der Waals surface area (Å²) in [6.07, 6.45) is 0. The zero-order valence-corrected chi connectivity index (χ0v) is 12.1. The molecule has 0 aliphatic rings. The van der Waals surface area contributed by atoms with Crippen LogP contribution in [-0.4, -0.2) is 13.5 Å². The monoisotopic (exact) mass is 348 g/mol. The van der Waals surface area contributed by atoms with E-state index in [-0.39, 0.29) is 21.3 Å². The summed E-state index contributed by atoms with van der Waals surface area (Å²) in [6.45, 7) is 0. The van der Waals surface area contributed by atoms with Gasteiger partial charge in [-0.25, -0.2) is 8.42 Å². The van der Waals surface area contributed by atoms with Crippen molar-refractivity contribution in [3.05, 3.63) is 34.1 Å². The number of hydrogen-bond donors (Lipinski definition) is 3. The highest BCUT2D eigenvalue weighted by molar-refractivity contribution is 9.11. The Hall–Kier alpha value is -1.25. The Bertz CT molecular complexity index is 682. The molecular weight excluding hydrogens is 340 g/mol. The quantitative estimate of drug-likeness (QED) is 0.587. The van der Waals surface area contributed by atoms with E-state index in [0.717, 1.165) is 15.1 Å². The number of nitrogens with two attached hydrogens (primary N) is 1. The van der Waals surface area contributed by atoms with E-state index in [1.54, 1.807) is 6.07 Å². The maximum absolute atomic E-state index is 12.0. The van der Waals surface area contributed by atoms with Crippen molar-refractivity contribution in [3.63, 3.8) is 0 Å². The van der Waals surface area contributed by atoms with Gasteiger partial charge in [-0.1, -0.05) is 0 Å². The lowest BCUT2D eigenvalue weighted by Gasteiger charge is -2.09. The number of anilines is 2. The molecule has 1 heterocycles. The van der Waals surface area contributed by atoms with E-state index in [4.69, 9.17) is 5.73 Å². The van der Waals surface area contributed by atoms with Crippen molar-refractivity contribution in [3.8, 4) is 5.75 Å². The van der Waals surface area contributed by atoms with Crippen LogP contribution in [0.2, 0.25) is 0 Å². The molecule has 2 aromatic rings. The van der Waals surface area contributed by atoms with Crippen molar-refractivity contribution in [2.75, 3.05) is 10.5 Å². The summed E-state index contributed by atoms with van der Waals surface area (Å²) in [4.78, 5) is 0. The number of nitrogens with one attached hydrogen (secondary N) is 1. The van der Waals surface area contributed by atoms with Crippen LogP contribution in [0.25, 0.3) is 0 Å². The molecule has 8 heteroatoms. The average molecular weight is 349 g/mol. The van der Waals surface area contributed by atoms with E-state index >= 15 is 0 Å². The fourth-order valence-corrected chi connectivity index (χ4v) is 4.38. The Labute approximate surface area is 116 Å². The normalized spacial score (nSPS) is 11.4. The molecule has 0 saturated carbocycles. The molecule has 0 spiro atoms. The van der Waals surface area contributed by atoms with Crippen LogP contribution in [0.5, 0.6) is 5.75 Å². The number of rotatable bonds is 3. The molecule has 0 radical (unpaired) electrons. The third-order valence-corrected chi connectivity index (χ3v) is 5.57. The highest BCUT2D eigenvalue weighted by Gasteiger charge is 2.17. The van der Waals surface area contributed by atoms with Gasteiger partial charge in [0.1, 0.15) is 9.96 Å². The molecule has 0 bridgehead atoms. The number of phenolic OH excluding ortho intramolecular Hbond substituents is 1. The predicted molar refractivity (Wildman–Crippen MR) is 75.3 cm³/mol. The van der Waals surface area contributed by atoms with E-state index in [1.807, 2.05) is 0 Å². The lowest BCUT2D eigenvalue weighted by atomic mass is 10.2. The second-order valence-corrected chi connectivity index (χ2v) is 7.81. The maximum atomic E-state index is 12.0. The van der Waals surface area contributed by atoms with Gasteiger partial charge in [-0.3, -0.25) is 4.72 Å². The first-order valence-electron chi connectivity index (χ1n) is 4.75. The first kappa shape index (κ1) is 13.2. The van der Waals surface area contributed by atoms with Gasteiger partial charge in [0.2, 0.25) is 0 Å². The van der Waals surface area contributed by atoms with Crippen molar-refractivity contribution in [1.82, 2.24) is 0 Å².